The number of aliphatic hydroxyl groups is 1. The molecule has 6 heteroatoms. The van der Waals surface area contributed by atoms with Gasteiger partial charge >= 0.3 is 0 Å². The Morgan fingerprint density at radius 2 is 1.79 bits per heavy atom. The van der Waals surface area contributed by atoms with E-state index in [-0.39, 0.29) is 12.6 Å². The van der Waals surface area contributed by atoms with Gasteiger partial charge in [-0.25, -0.2) is 8.78 Å². The molecule has 1 heterocycles. The molecule has 2 aromatic rings. The molecule has 0 aromatic heterocycles. The van der Waals surface area contributed by atoms with Crippen LogP contribution in [0.3, 0.4) is 0 Å². The molecule has 1 N–H and O–H groups in total. The number of nitrogens with zero attached hydrogens (tertiary/aromatic N) is 2. The molecule has 1 aliphatic heterocycles. The molecule has 0 bridgehead atoms. The predicted octanol–water partition coefficient (Wildman–Crippen LogP) is 3.35. The topological polar surface area (TPSA) is 35.9 Å². The summed E-state index contributed by atoms with van der Waals surface area (Å²) in [6.45, 7) is 5.87. The molecule has 28 heavy (non-hydrogen) atoms. The van der Waals surface area contributed by atoms with Crippen LogP contribution in [0, 0.1) is 18.6 Å². The van der Waals surface area contributed by atoms with Crippen LogP contribution < -0.4 is 4.74 Å². The van der Waals surface area contributed by atoms with E-state index in [1.807, 2.05) is 13.0 Å². The fourth-order valence-electron chi connectivity index (χ4n) is 3.97. The quantitative estimate of drug-likeness (QED) is 0.787. The SMILES string of the molecule is COc1ccc(CN2CCN(Cc3cc(F)cc(F)c3)C[C@H]2CCO)cc1C. The Bertz CT molecular complexity index is 780. The van der Waals surface area contributed by atoms with Crippen molar-refractivity contribution in [3.63, 3.8) is 0 Å². The largest absolute Gasteiger partial charge is 0.496 e. The number of halogens is 2. The molecule has 0 spiro atoms. The van der Waals surface area contributed by atoms with Crippen LogP contribution in [-0.4, -0.2) is 54.3 Å². The molecular weight excluding hydrogens is 362 g/mol. The third-order valence-electron chi connectivity index (χ3n) is 5.32. The minimum absolute atomic E-state index is 0.116. The molecule has 1 aliphatic rings. The highest BCUT2D eigenvalue weighted by Crippen LogP contribution is 2.23. The van der Waals surface area contributed by atoms with Gasteiger partial charge in [0.05, 0.1) is 7.11 Å². The normalized spacial score (nSPS) is 18.4. The van der Waals surface area contributed by atoms with Gasteiger partial charge in [0, 0.05) is 51.4 Å². The number of aryl methyl sites for hydroxylation is 1. The van der Waals surface area contributed by atoms with Gasteiger partial charge in [-0.05, 0) is 48.2 Å². The van der Waals surface area contributed by atoms with Crippen LogP contribution in [0.4, 0.5) is 8.78 Å². The lowest BCUT2D eigenvalue weighted by molar-refractivity contribution is 0.0499. The molecule has 0 aliphatic carbocycles. The van der Waals surface area contributed by atoms with E-state index < -0.39 is 11.6 Å². The first-order valence-electron chi connectivity index (χ1n) is 9.64. The van der Waals surface area contributed by atoms with E-state index in [4.69, 9.17) is 4.74 Å². The maximum atomic E-state index is 13.5. The molecule has 4 nitrogen and oxygen atoms in total. The third-order valence-corrected chi connectivity index (χ3v) is 5.32. The van der Waals surface area contributed by atoms with Gasteiger partial charge in [-0.15, -0.1) is 0 Å². The summed E-state index contributed by atoms with van der Waals surface area (Å²) in [7, 11) is 1.67. The van der Waals surface area contributed by atoms with Crippen LogP contribution in [-0.2, 0) is 13.1 Å². The summed E-state index contributed by atoms with van der Waals surface area (Å²) in [5.41, 5.74) is 2.95. The summed E-state index contributed by atoms with van der Waals surface area (Å²) in [5.74, 6) is -0.214. The minimum atomic E-state index is -0.546. The van der Waals surface area contributed by atoms with Crippen LogP contribution in [0.5, 0.6) is 5.75 Å². The Kier molecular flexibility index (Phi) is 6.99. The van der Waals surface area contributed by atoms with Crippen LogP contribution >= 0.6 is 0 Å². The fourth-order valence-corrected chi connectivity index (χ4v) is 3.97. The van der Waals surface area contributed by atoms with Gasteiger partial charge in [-0.2, -0.15) is 0 Å². The molecule has 1 saturated heterocycles. The van der Waals surface area contributed by atoms with Crippen molar-refractivity contribution in [3.05, 3.63) is 64.7 Å². The zero-order valence-electron chi connectivity index (χ0n) is 16.5. The fraction of sp³-hybridized carbons (Fsp3) is 0.455. The van der Waals surface area contributed by atoms with Gasteiger partial charge in [0.1, 0.15) is 17.4 Å². The molecule has 0 amide bonds. The second kappa shape index (κ2) is 9.45. The van der Waals surface area contributed by atoms with Crippen molar-refractivity contribution < 1.29 is 18.6 Å². The number of benzene rings is 2. The van der Waals surface area contributed by atoms with E-state index in [1.54, 1.807) is 7.11 Å². The maximum absolute atomic E-state index is 13.5. The second-order valence-corrected chi connectivity index (χ2v) is 7.45. The lowest BCUT2D eigenvalue weighted by Gasteiger charge is -2.41. The Hall–Kier alpha value is -2.02. The zero-order chi connectivity index (χ0) is 20.1. The molecule has 0 radical (unpaired) electrons. The monoisotopic (exact) mass is 390 g/mol. The lowest BCUT2D eigenvalue weighted by atomic mass is 10.0. The molecule has 152 valence electrons. The Morgan fingerprint density at radius 3 is 2.43 bits per heavy atom. The maximum Gasteiger partial charge on any atom is 0.126 e. The number of rotatable bonds is 7. The number of methoxy groups -OCH3 is 1. The second-order valence-electron chi connectivity index (χ2n) is 7.45. The first-order valence-corrected chi connectivity index (χ1v) is 9.64. The van der Waals surface area contributed by atoms with Crippen LogP contribution in [0.15, 0.2) is 36.4 Å². The van der Waals surface area contributed by atoms with Gasteiger partial charge < -0.3 is 9.84 Å². The Labute approximate surface area is 165 Å². The summed E-state index contributed by atoms with van der Waals surface area (Å²) < 4.78 is 32.3. The number of hydrogen-bond donors (Lipinski definition) is 1. The van der Waals surface area contributed by atoms with E-state index in [0.29, 0.717) is 18.5 Å². The number of aliphatic hydroxyl groups excluding tert-OH is 1. The minimum Gasteiger partial charge on any atom is -0.496 e. The van der Waals surface area contributed by atoms with Crippen molar-refractivity contribution in [2.45, 2.75) is 32.5 Å². The number of ether oxygens (including phenoxy) is 1. The van der Waals surface area contributed by atoms with Crippen molar-refractivity contribution in [2.75, 3.05) is 33.4 Å². The Morgan fingerprint density at radius 1 is 1.04 bits per heavy atom. The lowest BCUT2D eigenvalue weighted by Crippen LogP contribution is -2.52. The van der Waals surface area contributed by atoms with Gasteiger partial charge in [-0.3, -0.25) is 9.80 Å². The molecule has 2 aromatic carbocycles. The van der Waals surface area contributed by atoms with E-state index in [9.17, 15) is 13.9 Å². The van der Waals surface area contributed by atoms with E-state index >= 15 is 0 Å². The van der Waals surface area contributed by atoms with Crippen LogP contribution in [0.25, 0.3) is 0 Å². The highest BCUT2D eigenvalue weighted by atomic mass is 19.1. The van der Waals surface area contributed by atoms with Crippen molar-refractivity contribution in [2.24, 2.45) is 0 Å². The van der Waals surface area contributed by atoms with Gasteiger partial charge in [0.15, 0.2) is 0 Å². The summed E-state index contributed by atoms with van der Waals surface area (Å²) >= 11 is 0. The summed E-state index contributed by atoms with van der Waals surface area (Å²) in [5, 5.41) is 9.50. The molecule has 3 rings (SSSR count). The first kappa shape index (κ1) is 20.7. The summed E-state index contributed by atoms with van der Waals surface area (Å²) in [6, 6.07) is 10.1. The van der Waals surface area contributed by atoms with E-state index in [2.05, 4.69) is 21.9 Å². The molecular formula is C22H28F2N2O2. The third kappa shape index (κ3) is 5.28. The molecule has 1 atom stereocenters. The van der Waals surface area contributed by atoms with Gasteiger partial charge in [-0.1, -0.05) is 12.1 Å². The van der Waals surface area contributed by atoms with Crippen LogP contribution in [0.1, 0.15) is 23.1 Å². The smallest absolute Gasteiger partial charge is 0.126 e. The van der Waals surface area contributed by atoms with E-state index in [0.717, 1.165) is 43.6 Å². The van der Waals surface area contributed by atoms with Crippen molar-refractivity contribution in [1.29, 1.82) is 0 Å². The molecule has 0 unspecified atom stereocenters. The van der Waals surface area contributed by atoms with Crippen molar-refractivity contribution in [3.8, 4) is 5.75 Å². The zero-order valence-corrected chi connectivity index (χ0v) is 16.5. The summed E-state index contributed by atoms with van der Waals surface area (Å²) in [6.07, 6.45) is 0.670. The predicted molar refractivity (Wildman–Crippen MR) is 105 cm³/mol. The van der Waals surface area contributed by atoms with Crippen molar-refractivity contribution >= 4 is 0 Å². The highest BCUT2D eigenvalue weighted by Gasteiger charge is 2.27. The Balaban J connectivity index is 1.66. The molecule has 1 fully saturated rings. The standard InChI is InChI=1S/C22H28F2N2O2/c1-16-9-17(3-4-22(16)28-2)14-26-7-6-25(15-21(26)5-8-27)13-18-10-19(23)12-20(24)11-18/h3-4,9-12,21,27H,5-8,13-15H2,1-2H3/t21-/m1/s1. The van der Waals surface area contributed by atoms with Crippen LogP contribution in [0.2, 0.25) is 0 Å². The first-order chi connectivity index (χ1) is 13.5. The molecule has 0 saturated carbocycles. The van der Waals surface area contributed by atoms with Crippen molar-refractivity contribution in [1.82, 2.24) is 9.80 Å². The number of hydrogen-bond acceptors (Lipinski definition) is 4. The number of piperazine rings is 1. The van der Waals surface area contributed by atoms with Gasteiger partial charge in [0.25, 0.3) is 0 Å². The average molecular weight is 390 g/mol. The van der Waals surface area contributed by atoms with E-state index in [1.165, 1.54) is 17.7 Å². The van der Waals surface area contributed by atoms with Gasteiger partial charge in [0.2, 0.25) is 0 Å². The summed E-state index contributed by atoms with van der Waals surface area (Å²) in [4.78, 5) is 4.57. The highest BCUT2D eigenvalue weighted by molar-refractivity contribution is 5.36. The average Bonchev–Trinajstić information content (AvgIpc) is 2.63.